The zero-order valence-electron chi connectivity index (χ0n) is 11.4. The second-order valence-electron chi connectivity index (χ2n) is 5.37. The lowest BCUT2D eigenvalue weighted by Crippen LogP contribution is -2.25. The van der Waals surface area contributed by atoms with E-state index in [0.717, 1.165) is 37.2 Å². The number of nitrogens with zero attached hydrogens (tertiary/aromatic N) is 2. The van der Waals surface area contributed by atoms with Crippen molar-refractivity contribution in [2.45, 2.75) is 26.3 Å². The lowest BCUT2D eigenvalue weighted by atomic mass is 10.1. The lowest BCUT2D eigenvalue weighted by molar-refractivity contribution is 0.286. The fraction of sp³-hybridized carbons (Fsp3) is 0.533. The molecule has 0 aliphatic heterocycles. The van der Waals surface area contributed by atoms with Crippen LogP contribution in [0.1, 0.15) is 24.0 Å². The number of aryl methyl sites for hydroxylation is 1. The molecule has 0 spiro atoms. The summed E-state index contributed by atoms with van der Waals surface area (Å²) in [6.07, 6.45) is 2.10. The van der Waals surface area contributed by atoms with Crippen LogP contribution in [0.2, 0.25) is 0 Å². The van der Waals surface area contributed by atoms with E-state index in [2.05, 4.69) is 37.1 Å². The van der Waals surface area contributed by atoms with E-state index in [4.69, 9.17) is 10.00 Å². The van der Waals surface area contributed by atoms with Crippen molar-refractivity contribution in [3.63, 3.8) is 0 Å². The van der Waals surface area contributed by atoms with Crippen LogP contribution in [0.5, 0.6) is 5.75 Å². The maximum Gasteiger partial charge on any atom is 0.121 e. The number of rotatable bonds is 5. The predicted molar refractivity (Wildman–Crippen MR) is 71.3 cm³/mol. The molecule has 1 aromatic carbocycles. The molecule has 0 bridgehead atoms. The van der Waals surface area contributed by atoms with Crippen molar-refractivity contribution in [1.82, 2.24) is 4.90 Å². The minimum Gasteiger partial charge on any atom is -0.496 e. The summed E-state index contributed by atoms with van der Waals surface area (Å²) >= 11 is 0. The Morgan fingerprint density at radius 1 is 1.44 bits per heavy atom. The highest BCUT2D eigenvalue weighted by atomic mass is 16.5. The van der Waals surface area contributed by atoms with E-state index in [1.165, 1.54) is 5.56 Å². The molecule has 0 amide bonds. The fourth-order valence-corrected chi connectivity index (χ4v) is 2.38. The largest absolute Gasteiger partial charge is 0.496 e. The maximum atomic E-state index is 9.09. The first-order valence-corrected chi connectivity index (χ1v) is 6.32. The van der Waals surface area contributed by atoms with Gasteiger partial charge in [-0.15, -0.1) is 0 Å². The molecule has 1 aliphatic rings. The zero-order valence-corrected chi connectivity index (χ0v) is 11.4. The minimum atomic E-state index is -0.0593. The molecule has 0 atom stereocenters. The first-order chi connectivity index (χ1) is 8.58. The average Bonchev–Trinajstić information content (AvgIpc) is 3.09. The standard InChI is InChI=1S/C15H20N2O/c1-12-8-13(4-5-14(12)18-3)9-17(2)11-15(10-16)6-7-15/h4-5,8H,6-7,9,11H2,1-3H3. The number of nitriles is 1. The predicted octanol–water partition coefficient (Wildman–Crippen LogP) is 2.74. The van der Waals surface area contributed by atoms with E-state index < -0.39 is 0 Å². The summed E-state index contributed by atoms with van der Waals surface area (Å²) in [6.45, 7) is 3.81. The number of hydrogen-bond acceptors (Lipinski definition) is 3. The van der Waals surface area contributed by atoms with E-state index >= 15 is 0 Å². The molecule has 0 aromatic heterocycles. The van der Waals surface area contributed by atoms with Gasteiger partial charge in [0.15, 0.2) is 0 Å². The topological polar surface area (TPSA) is 36.3 Å². The van der Waals surface area contributed by atoms with Gasteiger partial charge in [-0.25, -0.2) is 0 Å². The van der Waals surface area contributed by atoms with Gasteiger partial charge in [-0.3, -0.25) is 0 Å². The number of hydrogen-bond donors (Lipinski definition) is 0. The summed E-state index contributed by atoms with van der Waals surface area (Å²) in [5.74, 6) is 0.928. The molecule has 1 fully saturated rings. The Hall–Kier alpha value is -1.53. The lowest BCUT2D eigenvalue weighted by Gasteiger charge is -2.19. The molecular formula is C15H20N2O. The van der Waals surface area contributed by atoms with Crippen LogP contribution in [0.15, 0.2) is 18.2 Å². The highest BCUT2D eigenvalue weighted by Gasteiger charge is 2.43. The number of benzene rings is 1. The van der Waals surface area contributed by atoms with Crippen molar-refractivity contribution in [3.05, 3.63) is 29.3 Å². The van der Waals surface area contributed by atoms with Crippen molar-refractivity contribution in [2.24, 2.45) is 5.41 Å². The van der Waals surface area contributed by atoms with Crippen molar-refractivity contribution in [2.75, 3.05) is 20.7 Å². The average molecular weight is 244 g/mol. The van der Waals surface area contributed by atoms with Crippen molar-refractivity contribution in [3.8, 4) is 11.8 Å². The van der Waals surface area contributed by atoms with Crippen molar-refractivity contribution in [1.29, 1.82) is 5.26 Å². The Morgan fingerprint density at radius 2 is 2.17 bits per heavy atom. The molecule has 1 aromatic rings. The summed E-state index contributed by atoms with van der Waals surface area (Å²) in [5.41, 5.74) is 2.37. The normalized spacial score (nSPS) is 16.4. The van der Waals surface area contributed by atoms with Gasteiger partial charge in [0.05, 0.1) is 18.6 Å². The number of methoxy groups -OCH3 is 1. The van der Waals surface area contributed by atoms with Crippen LogP contribution in [-0.2, 0) is 6.54 Å². The van der Waals surface area contributed by atoms with Crippen LogP contribution in [0, 0.1) is 23.7 Å². The molecule has 0 radical (unpaired) electrons. The van der Waals surface area contributed by atoms with Gasteiger partial charge in [-0.05, 0) is 44.0 Å². The van der Waals surface area contributed by atoms with E-state index in [0.29, 0.717) is 0 Å². The fourth-order valence-electron chi connectivity index (χ4n) is 2.38. The summed E-state index contributed by atoms with van der Waals surface area (Å²) in [7, 11) is 3.77. The van der Waals surface area contributed by atoms with Crippen molar-refractivity contribution >= 4 is 0 Å². The van der Waals surface area contributed by atoms with Crippen LogP contribution in [0.3, 0.4) is 0 Å². The molecular weight excluding hydrogens is 224 g/mol. The third-order valence-electron chi connectivity index (χ3n) is 3.58. The van der Waals surface area contributed by atoms with Crippen LogP contribution >= 0.6 is 0 Å². The molecule has 0 saturated heterocycles. The van der Waals surface area contributed by atoms with E-state index in [9.17, 15) is 0 Å². The molecule has 18 heavy (non-hydrogen) atoms. The van der Waals surface area contributed by atoms with Gasteiger partial charge in [0.2, 0.25) is 0 Å². The molecule has 0 unspecified atom stereocenters. The molecule has 96 valence electrons. The van der Waals surface area contributed by atoms with Gasteiger partial charge in [0.25, 0.3) is 0 Å². The van der Waals surface area contributed by atoms with Gasteiger partial charge in [-0.1, -0.05) is 12.1 Å². The first-order valence-electron chi connectivity index (χ1n) is 6.32. The van der Waals surface area contributed by atoms with Gasteiger partial charge in [-0.2, -0.15) is 5.26 Å². The molecule has 0 heterocycles. The third-order valence-corrected chi connectivity index (χ3v) is 3.58. The molecule has 2 rings (SSSR count). The highest BCUT2D eigenvalue weighted by molar-refractivity contribution is 5.36. The molecule has 1 saturated carbocycles. The zero-order chi connectivity index (χ0) is 13.2. The van der Waals surface area contributed by atoms with Crippen LogP contribution < -0.4 is 4.74 Å². The van der Waals surface area contributed by atoms with Gasteiger partial charge in [0, 0.05) is 13.1 Å². The van der Waals surface area contributed by atoms with Crippen molar-refractivity contribution < 1.29 is 4.74 Å². The maximum absolute atomic E-state index is 9.09. The first kappa shape index (κ1) is 12.9. The van der Waals surface area contributed by atoms with E-state index in [-0.39, 0.29) is 5.41 Å². The Labute approximate surface area is 109 Å². The van der Waals surface area contributed by atoms with E-state index in [1.54, 1.807) is 7.11 Å². The van der Waals surface area contributed by atoms with E-state index in [1.807, 2.05) is 6.07 Å². The Morgan fingerprint density at radius 3 is 2.67 bits per heavy atom. The summed E-state index contributed by atoms with van der Waals surface area (Å²) < 4.78 is 5.26. The monoisotopic (exact) mass is 244 g/mol. The van der Waals surface area contributed by atoms with Gasteiger partial charge in [0.1, 0.15) is 5.75 Å². The van der Waals surface area contributed by atoms with Crippen LogP contribution in [-0.4, -0.2) is 25.6 Å². The second kappa shape index (κ2) is 4.99. The smallest absolute Gasteiger partial charge is 0.121 e. The second-order valence-corrected chi connectivity index (χ2v) is 5.37. The number of ether oxygens (including phenoxy) is 1. The van der Waals surface area contributed by atoms with Crippen LogP contribution in [0.25, 0.3) is 0 Å². The quantitative estimate of drug-likeness (QED) is 0.799. The van der Waals surface area contributed by atoms with Gasteiger partial charge >= 0.3 is 0 Å². The molecule has 3 nitrogen and oxygen atoms in total. The van der Waals surface area contributed by atoms with Gasteiger partial charge < -0.3 is 9.64 Å². The minimum absolute atomic E-state index is 0.0593. The third kappa shape index (κ3) is 2.83. The Kier molecular flexibility index (Phi) is 3.58. The summed E-state index contributed by atoms with van der Waals surface area (Å²) in [4.78, 5) is 2.23. The SMILES string of the molecule is COc1ccc(CN(C)CC2(C#N)CC2)cc1C. The Balaban J connectivity index is 1.97. The summed E-state index contributed by atoms with van der Waals surface area (Å²) in [6, 6.07) is 8.69. The highest BCUT2D eigenvalue weighted by Crippen LogP contribution is 2.45. The molecule has 0 N–H and O–H groups in total. The molecule has 1 aliphatic carbocycles. The summed E-state index contributed by atoms with van der Waals surface area (Å²) in [5, 5.41) is 9.09. The Bertz CT molecular complexity index is 472. The van der Waals surface area contributed by atoms with Crippen LogP contribution in [0.4, 0.5) is 0 Å². The molecule has 3 heteroatoms.